The quantitative estimate of drug-likeness (QED) is 0.108. The SMILES string of the molecule is CC(=O)OCC1OC(Oc2cccc(O)c2C(=O)OCc2ccccc2OC2OC(CO)C(O)C(O)C2O)C(OC(C)=O)C(OC(=O)CC(C)C)C1O. The van der Waals surface area contributed by atoms with Gasteiger partial charge in [0.1, 0.15) is 72.6 Å². The number of carbonyl (C=O) groups is 4. The van der Waals surface area contributed by atoms with Gasteiger partial charge < -0.3 is 68.5 Å². The molecule has 2 aromatic carbocycles. The molecule has 2 fully saturated rings. The minimum Gasteiger partial charge on any atom is -0.507 e. The van der Waals surface area contributed by atoms with Crippen molar-refractivity contribution in [3.05, 3.63) is 53.6 Å². The monoisotopic (exact) mass is 752 g/mol. The fourth-order valence-corrected chi connectivity index (χ4v) is 5.50. The van der Waals surface area contributed by atoms with Crippen LogP contribution in [0.2, 0.25) is 0 Å². The van der Waals surface area contributed by atoms with E-state index in [0.29, 0.717) is 0 Å². The maximum Gasteiger partial charge on any atom is 0.346 e. The first-order chi connectivity index (χ1) is 25.1. The summed E-state index contributed by atoms with van der Waals surface area (Å²) in [7, 11) is 0. The van der Waals surface area contributed by atoms with Crippen LogP contribution in [0, 0.1) is 5.92 Å². The minimum absolute atomic E-state index is 0.0358. The van der Waals surface area contributed by atoms with Gasteiger partial charge in [0.05, 0.1) is 6.61 Å². The molecule has 53 heavy (non-hydrogen) atoms. The third-order valence-electron chi connectivity index (χ3n) is 8.09. The lowest BCUT2D eigenvalue weighted by molar-refractivity contribution is -0.286. The molecule has 2 heterocycles. The second-order valence-corrected chi connectivity index (χ2v) is 12.7. The fraction of sp³-hybridized carbons (Fsp3) is 0.543. The van der Waals surface area contributed by atoms with Crippen LogP contribution in [-0.2, 0) is 49.4 Å². The van der Waals surface area contributed by atoms with E-state index in [0.717, 1.165) is 19.9 Å². The molecule has 18 heteroatoms. The zero-order valence-electron chi connectivity index (χ0n) is 29.3. The summed E-state index contributed by atoms with van der Waals surface area (Å²) < 4.78 is 44.4. The lowest BCUT2D eigenvalue weighted by Gasteiger charge is -2.43. The molecule has 2 aromatic rings. The molecule has 2 saturated heterocycles. The standard InChI is InChI=1S/C35H44O18/c1-16(2)12-25(40)53-31-28(42)24(15-46-17(3)37)52-35(32(31)48-18(4)38)50-22-11-7-9-20(39)26(22)33(45)47-14-19-8-5-6-10-21(19)49-34-30(44)29(43)27(41)23(13-36)51-34/h5-11,16,23-24,27-32,34-36,39,41-44H,12-15H2,1-4H3. The highest BCUT2D eigenvalue weighted by atomic mass is 16.7. The van der Waals surface area contributed by atoms with Crippen LogP contribution in [0.3, 0.4) is 0 Å². The average molecular weight is 753 g/mol. The zero-order chi connectivity index (χ0) is 39.0. The summed E-state index contributed by atoms with van der Waals surface area (Å²) in [5.41, 5.74) is -0.282. The number of para-hydroxylation sites is 1. The Labute approximate surface area is 303 Å². The zero-order valence-corrected chi connectivity index (χ0v) is 29.3. The highest BCUT2D eigenvalue weighted by Gasteiger charge is 2.51. The number of hydrogen-bond donors (Lipinski definition) is 6. The molecule has 0 aromatic heterocycles. The third-order valence-corrected chi connectivity index (χ3v) is 8.09. The smallest absolute Gasteiger partial charge is 0.346 e. The van der Waals surface area contributed by atoms with Gasteiger partial charge in [-0.25, -0.2) is 4.79 Å². The van der Waals surface area contributed by atoms with Crippen LogP contribution >= 0.6 is 0 Å². The van der Waals surface area contributed by atoms with Crippen molar-refractivity contribution in [2.75, 3.05) is 13.2 Å². The van der Waals surface area contributed by atoms with Crippen LogP contribution in [-0.4, -0.2) is 129 Å². The van der Waals surface area contributed by atoms with Gasteiger partial charge in [0.25, 0.3) is 0 Å². The normalized spacial score (nSPS) is 28.4. The van der Waals surface area contributed by atoms with Crippen LogP contribution in [0.1, 0.15) is 50.0 Å². The summed E-state index contributed by atoms with van der Waals surface area (Å²) in [6, 6.07) is 9.83. The molecule has 10 atom stereocenters. The van der Waals surface area contributed by atoms with Gasteiger partial charge in [-0.1, -0.05) is 38.1 Å². The first-order valence-corrected chi connectivity index (χ1v) is 16.7. The predicted molar refractivity (Wildman–Crippen MR) is 175 cm³/mol. The molecular formula is C35H44O18. The van der Waals surface area contributed by atoms with E-state index in [2.05, 4.69) is 0 Å². The Balaban J connectivity index is 1.58. The Kier molecular flexibility index (Phi) is 14.4. The molecule has 4 rings (SSSR count). The van der Waals surface area contributed by atoms with Crippen LogP contribution in [0.5, 0.6) is 17.2 Å². The van der Waals surface area contributed by atoms with E-state index >= 15 is 0 Å². The molecule has 6 N–H and O–H groups in total. The molecule has 292 valence electrons. The molecule has 0 amide bonds. The number of aliphatic hydroxyl groups excluding tert-OH is 5. The highest BCUT2D eigenvalue weighted by molar-refractivity contribution is 5.95. The van der Waals surface area contributed by atoms with Gasteiger partial charge in [-0.05, 0) is 24.1 Å². The summed E-state index contributed by atoms with van der Waals surface area (Å²) in [5, 5.41) is 62.0. The van der Waals surface area contributed by atoms with Gasteiger partial charge in [0.15, 0.2) is 6.10 Å². The van der Waals surface area contributed by atoms with E-state index in [4.69, 9.17) is 37.9 Å². The molecule has 18 nitrogen and oxygen atoms in total. The average Bonchev–Trinajstić information content (AvgIpc) is 3.09. The van der Waals surface area contributed by atoms with Crippen LogP contribution in [0.15, 0.2) is 42.5 Å². The third kappa shape index (κ3) is 10.5. The van der Waals surface area contributed by atoms with E-state index in [1.165, 1.54) is 24.3 Å². The Morgan fingerprint density at radius 2 is 1.40 bits per heavy atom. The molecular weight excluding hydrogens is 708 g/mol. The van der Waals surface area contributed by atoms with E-state index in [1.807, 2.05) is 0 Å². The van der Waals surface area contributed by atoms with Crippen LogP contribution in [0.25, 0.3) is 0 Å². The lowest BCUT2D eigenvalue weighted by Crippen LogP contribution is -2.62. The molecule has 10 unspecified atom stereocenters. The molecule has 2 aliphatic heterocycles. The Morgan fingerprint density at radius 3 is 2.06 bits per heavy atom. The summed E-state index contributed by atoms with van der Waals surface area (Å²) >= 11 is 0. The number of benzene rings is 2. The topological polar surface area (TPSA) is 263 Å². The second-order valence-electron chi connectivity index (χ2n) is 12.7. The number of aliphatic hydroxyl groups is 5. The number of aromatic hydroxyl groups is 1. The lowest BCUT2D eigenvalue weighted by atomic mass is 9.98. The summed E-state index contributed by atoms with van der Waals surface area (Å²) in [4.78, 5) is 50.0. The van der Waals surface area contributed by atoms with Gasteiger partial charge in [0.2, 0.25) is 18.7 Å². The van der Waals surface area contributed by atoms with Crippen molar-refractivity contribution in [1.29, 1.82) is 0 Å². The van der Waals surface area contributed by atoms with Crippen molar-refractivity contribution in [1.82, 2.24) is 0 Å². The number of hydrogen-bond acceptors (Lipinski definition) is 18. The van der Waals surface area contributed by atoms with Crippen molar-refractivity contribution in [2.24, 2.45) is 5.92 Å². The number of esters is 4. The number of rotatable bonds is 14. The van der Waals surface area contributed by atoms with Gasteiger partial charge >= 0.3 is 23.9 Å². The molecule has 0 spiro atoms. The van der Waals surface area contributed by atoms with Crippen molar-refractivity contribution in [3.63, 3.8) is 0 Å². The van der Waals surface area contributed by atoms with Crippen LogP contribution < -0.4 is 9.47 Å². The molecule has 0 radical (unpaired) electrons. The van der Waals surface area contributed by atoms with Crippen molar-refractivity contribution >= 4 is 23.9 Å². The van der Waals surface area contributed by atoms with E-state index in [9.17, 15) is 49.8 Å². The van der Waals surface area contributed by atoms with E-state index < -0.39 is 116 Å². The first-order valence-electron chi connectivity index (χ1n) is 16.7. The van der Waals surface area contributed by atoms with Gasteiger partial charge in [-0.2, -0.15) is 0 Å². The van der Waals surface area contributed by atoms with Gasteiger partial charge in [-0.15, -0.1) is 0 Å². The van der Waals surface area contributed by atoms with E-state index in [1.54, 1.807) is 26.0 Å². The van der Waals surface area contributed by atoms with Crippen LogP contribution in [0.4, 0.5) is 0 Å². The fourth-order valence-electron chi connectivity index (χ4n) is 5.50. The predicted octanol–water partition coefficient (Wildman–Crippen LogP) is -0.155. The first kappa shape index (κ1) is 41.2. The summed E-state index contributed by atoms with van der Waals surface area (Å²) in [5.74, 6) is -4.51. The molecule has 0 saturated carbocycles. The maximum absolute atomic E-state index is 13.5. The van der Waals surface area contributed by atoms with Crippen molar-refractivity contribution in [2.45, 2.75) is 102 Å². The van der Waals surface area contributed by atoms with Crippen molar-refractivity contribution in [3.8, 4) is 17.2 Å². The Morgan fingerprint density at radius 1 is 0.736 bits per heavy atom. The Bertz CT molecular complexity index is 1580. The minimum atomic E-state index is -1.71. The molecule has 0 aliphatic carbocycles. The number of carbonyl (C=O) groups excluding carboxylic acids is 4. The number of phenols is 1. The van der Waals surface area contributed by atoms with E-state index in [-0.39, 0.29) is 29.4 Å². The summed E-state index contributed by atoms with van der Waals surface area (Å²) in [6.45, 7) is 4.00. The molecule has 2 aliphatic rings. The largest absolute Gasteiger partial charge is 0.507 e. The molecule has 0 bridgehead atoms. The highest BCUT2D eigenvalue weighted by Crippen LogP contribution is 2.35. The number of phenolic OH excluding ortho intramolecular Hbond substituents is 1. The Hall–Kier alpha value is -4.56. The second kappa shape index (κ2) is 18.5. The van der Waals surface area contributed by atoms with Crippen molar-refractivity contribution < 1.29 is 87.7 Å². The maximum atomic E-state index is 13.5. The number of ether oxygens (including phenoxy) is 8. The summed E-state index contributed by atoms with van der Waals surface area (Å²) in [6.07, 6.45) is -15.8. The van der Waals surface area contributed by atoms with Gasteiger partial charge in [-0.3, -0.25) is 14.4 Å². The van der Waals surface area contributed by atoms with Gasteiger partial charge in [0, 0.05) is 25.8 Å².